The van der Waals surface area contributed by atoms with Gasteiger partial charge in [-0.05, 0) is 0 Å². The SMILES string of the molecule is CC(C)(C)C(F)(F)C(F)(F)COC(=O)C=CC(=O)O. The number of alkyl halides is 4. The second-order valence-corrected chi connectivity index (χ2v) is 4.81. The molecule has 0 aliphatic carbocycles. The van der Waals surface area contributed by atoms with E-state index < -0.39 is 35.8 Å². The second kappa shape index (κ2) is 5.58. The van der Waals surface area contributed by atoms with Crippen molar-refractivity contribution in [3.05, 3.63) is 12.2 Å². The van der Waals surface area contributed by atoms with Gasteiger partial charge in [-0.25, -0.2) is 9.59 Å². The summed E-state index contributed by atoms with van der Waals surface area (Å²) in [5.41, 5.74) is -2.03. The molecule has 0 aromatic rings. The molecule has 0 unspecified atom stereocenters. The molecule has 0 heterocycles. The van der Waals surface area contributed by atoms with Crippen LogP contribution in [0.4, 0.5) is 17.6 Å². The van der Waals surface area contributed by atoms with Crippen LogP contribution in [-0.4, -0.2) is 35.5 Å². The zero-order chi connectivity index (χ0) is 15.5. The molecular weight excluding hydrogens is 272 g/mol. The summed E-state index contributed by atoms with van der Waals surface area (Å²) < 4.78 is 57.3. The van der Waals surface area contributed by atoms with Crippen molar-refractivity contribution >= 4 is 11.9 Å². The third kappa shape index (κ3) is 4.53. The summed E-state index contributed by atoms with van der Waals surface area (Å²) in [5.74, 6) is -11.9. The number of aliphatic carboxylic acids is 1. The number of carboxylic acid groups (broad SMARTS) is 1. The van der Waals surface area contributed by atoms with Crippen LogP contribution in [0.15, 0.2) is 12.2 Å². The molecule has 0 saturated heterocycles. The summed E-state index contributed by atoms with van der Waals surface area (Å²) in [6.07, 6.45) is 0.704. The van der Waals surface area contributed by atoms with Crippen molar-refractivity contribution in [2.24, 2.45) is 5.41 Å². The summed E-state index contributed by atoms with van der Waals surface area (Å²) in [4.78, 5) is 20.9. The Morgan fingerprint density at radius 2 is 1.58 bits per heavy atom. The van der Waals surface area contributed by atoms with Gasteiger partial charge in [-0.1, -0.05) is 20.8 Å². The first-order valence-corrected chi connectivity index (χ1v) is 5.14. The molecule has 0 aromatic carbocycles. The Bertz CT molecular complexity index is 383. The summed E-state index contributed by atoms with van der Waals surface area (Å²) in [6, 6.07) is 0. The van der Waals surface area contributed by atoms with E-state index in [4.69, 9.17) is 5.11 Å². The first kappa shape index (κ1) is 17.4. The molecule has 0 spiro atoms. The Labute approximate surface area is 107 Å². The van der Waals surface area contributed by atoms with Gasteiger partial charge in [-0.3, -0.25) is 0 Å². The van der Waals surface area contributed by atoms with Crippen molar-refractivity contribution in [1.82, 2.24) is 0 Å². The first-order chi connectivity index (χ1) is 8.31. The predicted molar refractivity (Wildman–Crippen MR) is 57.1 cm³/mol. The number of halogens is 4. The second-order valence-electron chi connectivity index (χ2n) is 4.81. The van der Waals surface area contributed by atoms with E-state index in [0.717, 1.165) is 20.8 Å². The molecule has 0 rings (SSSR count). The molecule has 0 radical (unpaired) electrons. The lowest BCUT2D eigenvalue weighted by molar-refractivity contribution is -0.270. The monoisotopic (exact) mass is 286 g/mol. The van der Waals surface area contributed by atoms with E-state index in [1.165, 1.54) is 0 Å². The van der Waals surface area contributed by atoms with Gasteiger partial charge < -0.3 is 9.84 Å². The third-order valence-electron chi connectivity index (χ3n) is 2.16. The molecule has 0 aromatic heterocycles. The first-order valence-electron chi connectivity index (χ1n) is 5.14. The number of carboxylic acids is 1. The number of carbonyl (C=O) groups is 2. The van der Waals surface area contributed by atoms with Crippen molar-refractivity contribution < 1.29 is 37.0 Å². The molecule has 0 aliphatic heterocycles. The molecule has 0 amide bonds. The van der Waals surface area contributed by atoms with Gasteiger partial charge in [-0.2, -0.15) is 17.6 Å². The number of carbonyl (C=O) groups excluding carboxylic acids is 1. The van der Waals surface area contributed by atoms with Crippen LogP contribution < -0.4 is 0 Å². The summed E-state index contributed by atoms with van der Waals surface area (Å²) >= 11 is 0. The average molecular weight is 286 g/mol. The maximum atomic E-state index is 13.4. The van der Waals surface area contributed by atoms with E-state index in [0.29, 0.717) is 12.2 Å². The number of hydrogen-bond acceptors (Lipinski definition) is 3. The number of hydrogen-bond donors (Lipinski definition) is 1. The maximum Gasteiger partial charge on any atom is 0.343 e. The van der Waals surface area contributed by atoms with Crippen molar-refractivity contribution in [1.29, 1.82) is 0 Å². The van der Waals surface area contributed by atoms with Gasteiger partial charge >= 0.3 is 23.8 Å². The number of rotatable bonds is 5. The van der Waals surface area contributed by atoms with Crippen LogP contribution in [-0.2, 0) is 14.3 Å². The normalized spacial score (nSPS) is 13.6. The standard InChI is InChI=1S/C11H14F4O4/c1-9(2,3)11(14,15)10(12,13)6-19-8(18)5-4-7(16)17/h4-5H,6H2,1-3H3,(H,16,17). The maximum absolute atomic E-state index is 13.4. The van der Waals surface area contributed by atoms with Gasteiger partial charge in [0.1, 0.15) is 0 Å². The fraction of sp³-hybridized carbons (Fsp3) is 0.636. The number of ether oxygens (including phenoxy) is 1. The summed E-state index contributed by atoms with van der Waals surface area (Å²) in [6.45, 7) is 0.938. The van der Waals surface area contributed by atoms with E-state index in [9.17, 15) is 27.2 Å². The lowest BCUT2D eigenvalue weighted by Gasteiger charge is -2.35. The highest BCUT2D eigenvalue weighted by Gasteiger charge is 2.63. The Balaban J connectivity index is 4.72. The Hall–Kier alpha value is -1.60. The highest BCUT2D eigenvalue weighted by molar-refractivity contribution is 5.90. The molecule has 0 saturated carbocycles. The summed E-state index contributed by atoms with van der Waals surface area (Å²) in [7, 11) is 0. The van der Waals surface area contributed by atoms with E-state index >= 15 is 0 Å². The third-order valence-corrected chi connectivity index (χ3v) is 2.16. The van der Waals surface area contributed by atoms with Crippen LogP contribution in [0.3, 0.4) is 0 Å². The Kier molecular flexibility index (Phi) is 5.11. The van der Waals surface area contributed by atoms with Gasteiger partial charge in [-0.15, -0.1) is 0 Å². The fourth-order valence-corrected chi connectivity index (χ4v) is 0.988. The minimum Gasteiger partial charge on any atom is -0.478 e. The smallest absolute Gasteiger partial charge is 0.343 e. The van der Waals surface area contributed by atoms with Crippen LogP contribution in [0, 0.1) is 5.41 Å². The van der Waals surface area contributed by atoms with E-state index in [2.05, 4.69) is 4.74 Å². The fourth-order valence-electron chi connectivity index (χ4n) is 0.988. The van der Waals surface area contributed by atoms with Crippen LogP contribution >= 0.6 is 0 Å². The molecule has 0 fully saturated rings. The van der Waals surface area contributed by atoms with Crippen molar-refractivity contribution in [2.45, 2.75) is 32.6 Å². The van der Waals surface area contributed by atoms with Gasteiger partial charge in [0.05, 0.1) is 0 Å². The molecule has 110 valence electrons. The van der Waals surface area contributed by atoms with Crippen LogP contribution in [0.25, 0.3) is 0 Å². The largest absolute Gasteiger partial charge is 0.478 e. The van der Waals surface area contributed by atoms with Gasteiger partial charge in [0.25, 0.3) is 0 Å². The van der Waals surface area contributed by atoms with E-state index in [-0.39, 0.29) is 0 Å². The Morgan fingerprint density at radius 3 is 1.95 bits per heavy atom. The Morgan fingerprint density at radius 1 is 1.11 bits per heavy atom. The highest BCUT2D eigenvalue weighted by atomic mass is 19.3. The van der Waals surface area contributed by atoms with Crippen LogP contribution in [0.1, 0.15) is 20.8 Å². The minimum atomic E-state index is -4.56. The van der Waals surface area contributed by atoms with E-state index in [1.54, 1.807) is 0 Å². The zero-order valence-corrected chi connectivity index (χ0v) is 10.5. The van der Waals surface area contributed by atoms with Crippen LogP contribution in [0.2, 0.25) is 0 Å². The highest BCUT2D eigenvalue weighted by Crippen LogP contribution is 2.46. The van der Waals surface area contributed by atoms with Crippen molar-refractivity contribution in [3.8, 4) is 0 Å². The van der Waals surface area contributed by atoms with Gasteiger partial charge in [0.15, 0.2) is 6.61 Å². The van der Waals surface area contributed by atoms with Crippen molar-refractivity contribution in [3.63, 3.8) is 0 Å². The zero-order valence-electron chi connectivity index (χ0n) is 10.5. The lowest BCUT2D eigenvalue weighted by Crippen LogP contribution is -2.52. The van der Waals surface area contributed by atoms with Gasteiger partial charge in [0.2, 0.25) is 0 Å². The molecule has 0 atom stereocenters. The molecule has 4 nitrogen and oxygen atoms in total. The van der Waals surface area contributed by atoms with E-state index in [1.807, 2.05) is 0 Å². The predicted octanol–water partition coefficient (Wildman–Crippen LogP) is 2.49. The summed E-state index contributed by atoms with van der Waals surface area (Å²) in [5, 5.41) is 8.16. The number of esters is 1. The van der Waals surface area contributed by atoms with Crippen LogP contribution in [0.5, 0.6) is 0 Å². The lowest BCUT2D eigenvalue weighted by atomic mass is 9.84. The van der Waals surface area contributed by atoms with Crippen molar-refractivity contribution in [2.75, 3.05) is 6.61 Å². The van der Waals surface area contributed by atoms with Gasteiger partial charge in [0, 0.05) is 17.6 Å². The molecule has 1 N–H and O–H groups in total. The average Bonchev–Trinajstić information content (AvgIpc) is 2.21. The molecule has 19 heavy (non-hydrogen) atoms. The topological polar surface area (TPSA) is 63.6 Å². The molecular formula is C11H14F4O4. The molecule has 8 heteroatoms. The quantitative estimate of drug-likeness (QED) is 0.479. The molecule has 0 bridgehead atoms. The minimum absolute atomic E-state index is 0.350. The molecule has 0 aliphatic rings.